The third-order valence-electron chi connectivity index (χ3n) is 2.03. The number of H-pyrrole nitrogens is 1. The van der Waals surface area contributed by atoms with Crippen molar-refractivity contribution in [3.05, 3.63) is 29.5 Å². The first-order chi connectivity index (χ1) is 7.02. The fourth-order valence-corrected chi connectivity index (χ4v) is 1.31. The van der Waals surface area contributed by atoms with Gasteiger partial charge in [0, 0.05) is 5.39 Å². The Bertz CT molecular complexity index is 516. The lowest BCUT2D eigenvalue weighted by atomic mass is 10.1. The van der Waals surface area contributed by atoms with Gasteiger partial charge >= 0.3 is 6.18 Å². The first-order valence-corrected chi connectivity index (χ1v) is 4.03. The topological polar surface area (TPSA) is 45.8 Å². The fourth-order valence-electron chi connectivity index (χ4n) is 1.31. The maximum Gasteiger partial charge on any atom is 0.416 e. The van der Waals surface area contributed by atoms with Crippen molar-refractivity contribution in [3.8, 4) is 0 Å². The number of aldehydes is 1. The number of nitrogens with one attached hydrogen (secondary N) is 1. The van der Waals surface area contributed by atoms with E-state index in [1.54, 1.807) is 0 Å². The average Bonchev–Trinajstić information content (AvgIpc) is 2.58. The van der Waals surface area contributed by atoms with Gasteiger partial charge in [0.05, 0.1) is 11.1 Å². The number of nitrogens with zero attached hydrogens (tertiary/aromatic N) is 1. The summed E-state index contributed by atoms with van der Waals surface area (Å²) in [5, 5.41) is 6.33. The third kappa shape index (κ3) is 1.58. The molecule has 0 amide bonds. The quantitative estimate of drug-likeness (QED) is 0.741. The van der Waals surface area contributed by atoms with Crippen LogP contribution in [0.3, 0.4) is 0 Å². The van der Waals surface area contributed by atoms with Gasteiger partial charge in [0.1, 0.15) is 5.69 Å². The molecule has 0 unspecified atom stereocenters. The van der Waals surface area contributed by atoms with Crippen molar-refractivity contribution in [1.82, 2.24) is 10.2 Å². The molecule has 0 fully saturated rings. The Labute approximate surface area is 81.9 Å². The number of fused-ring (bicyclic) bond motifs is 1. The Kier molecular flexibility index (Phi) is 1.99. The molecule has 0 spiro atoms. The van der Waals surface area contributed by atoms with E-state index in [-0.39, 0.29) is 11.2 Å². The zero-order valence-electron chi connectivity index (χ0n) is 7.30. The van der Waals surface area contributed by atoms with Crippen LogP contribution in [-0.4, -0.2) is 16.5 Å². The maximum absolute atomic E-state index is 12.3. The van der Waals surface area contributed by atoms with Crippen molar-refractivity contribution in [3.63, 3.8) is 0 Å². The maximum atomic E-state index is 12.3. The molecule has 0 aliphatic carbocycles. The number of carbonyl (C=O) groups is 1. The second-order valence-corrected chi connectivity index (χ2v) is 2.98. The molecule has 0 aliphatic rings. The number of benzene rings is 1. The molecule has 0 saturated carbocycles. The Morgan fingerprint density at radius 3 is 2.67 bits per heavy atom. The van der Waals surface area contributed by atoms with Gasteiger partial charge in [-0.1, -0.05) is 0 Å². The molecule has 1 aromatic carbocycles. The molecular formula is C9H5F3N2O. The zero-order valence-corrected chi connectivity index (χ0v) is 7.30. The van der Waals surface area contributed by atoms with E-state index in [0.717, 1.165) is 12.1 Å². The van der Waals surface area contributed by atoms with Gasteiger partial charge in [0.25, 0.3) is 0 Å². The average molecular weight is 214 g/mol. The predicted octanol–water partition coefficient (Wildman–Crippen LogP) is 2.39. The molecule has 2 rings (SSSR count). The highest BCUT2D eigenvalue weighted by molar-refractivity contribution is 5.94. The lowest BCUT2D eigenvalue weighted by molar-refractivity contribution is -0.137. The lowest BCUT2D eigenvalue weighted by Gasteiger charge is -2.05. The van der Waals surface area contributed by atoms with Crippen LogP contribution in [0, 0.1) is 0 Å². The highest BCUT2D eigenvalue weighted by Crippen LogP contribution is 2.31. The molecule has 0 atom stereocenters. The summed E-state index contributed by atoms with van der Waals surface area (Å²) in [4.78, 5) is 10.5. The van der Waals surface area contributed by atoms with E-state index >= 15 is 0 Å². The third-order valence-corrected chi connectivity index (χ3v) is 2.03. The molecule has 3 nitrogen and oxygen atoms in total. The standard InChI is InChI=1S/C9H5F3N2O/c10-9(11,12)5-1-2-6-7(3-5)13-14-8(6)4-15/h1-4H,(H,13,14). The molecule has 78 valence electrons. The van der Waals surface area contributed by atoms with E-state index < -0.39 is 11.7 Å². The molecule has 15 heavy (non-hydrogen) atoms. The largest absolute Gasteiger partial charge is 0.416 e. The first kappa shape index (κ1) is 9.70. The van der Waals surface area contributed by atoms with Crippen LogP contribution in [0.15, 0.2) is 18.2 Å². The van der Waals surface area contributed by atoms with E-state index in [9.17, 15) is 18.0 Å². The van der Waals surface area contributed by atoms with Crippen molar-refractivity contribution in [2.45, 2.75) is 6.18 Å². The van der Waals surface area contributed by atoms with Gasteiger partial charge in [-0.2, -0.15) is 18.3 Å². The number of halogens is 3. The summed E-state index contributed by atoms with van der Waals surface area (Å²) in [6.45, 7) is 0. The molecule has 0 saturated heterocycles. The fraction of sp³-hybridized carbons (Fsp3) is 0.111. The minimum atomic E-state index is -4.39. The Morgan fingerprint density at radius 1 is 1.33 bits per heavy atom. The molecule has 1 aromatic heterocycles. The molecular weight excluding hydrogens is 209 g/mol. The SMILES string of the molecule is O=Cc1n[nH]c2cc(C(F)(F)F)ccc12. The van der Waals surface area contributed by atoms with E-state index in [0.29, 0.717) is 11.7 Å². The minimum absolute atomic E-state index is 0.110. The van der Waals surface area contributed by atoms with Crippen molar-refractivity contribution >= 4 is 17.2 Å². The second kappa shape index (κ2) is 3.08. The summed E-state index contributed by atoms with van der Waals surface area (Å²) in [5.74, 6) is 0. The molecule has 0 aliphatic heterocycles. The number of aromatic nitrogens is 2. The predicted molar refractivity (Wildman–Crippen MR) is 46.5 cm³/mol. The van der Waals surface area contributed by atoms with Gasteiger partial charge in [-0.25, -0.2) is 0 Å². The Balaban J connectivity index is 2.63. The number of hydrogen-bond donors (Lipinski definition) is 1. The molecule has 0 bridgehead atoms. The monoisotopic (exact) mass is 214 g/mol. The van der Waals surface area contributed by atoms with Crippen LogP contribution in [0.25, 0.3) is 10.9 Å². The number of carbonyl (C=O) groups excluding carboxylic acids is 1. The smallest absolute Gasteiger partial charge is 0.296 e. The molecule has 1 heterocycles. The summed E-state index contributed by atoms with van der Waals surface area (Å²) in [5.41, 5.74) is -0.457. The number of aromatic amines is 1. The number of alkyl halides is 3. The van der Waals surface area contributed by atoms with Gasteiger partial charge in [0.2, 0.25) is 0 Å². The van der Waals surface area contributed by atoms with Crippen LogP contribution in [0.5, 0.6) is 0 Å². The van der Waals surface area contributed by atoms with E-state index in [1.165, 1.54) is 6.07 Å². The molecule has 1 N–H and O–H groups in total. The van der Waals surface area contributed by atoms with Crippen LogP contribution in [0.1, 0.15) is 16.1 Å². The van der Waals surface area contributed by atoms with E-state index in [1.807, 2.05) is 0 Å². The van der Waals surface area contributed by atoms with E-state index in [4.69, 9.17) is 0 Å². The van der Waals surface area contributed by atoms with Crippen molar-refractivity contribution in [2.75, 3.05) is 0 Å². The number of hydrogen-bond acceptors (Lipinski definition) is 2. The van der Waals surface area contributed by atoms with Crippen molar-refractivity contribution < 1.29 is 18.0 Å². The van der Waals surface area contributed by atoms with Gasteiger partial charge in [-0.05, 0) is 18.2 Å². The summed E-state index contributed by atoms with van der Waals surface area (Å²) >= 11 is 0. The van der Waals surface area contributed by atoms with Gasteiger partial charge in [-0.15, -0.1) is 0 Å². The van der Waals surface area contributed by atoms with Crippen LogP contribution in [0.4, 0.5) is 13.2 Å². The van der Waals surface area contributed by atoms with Crippen LogP contribution in [-0.2, 0) is 6.18 Å². The zero-order chi connectivity index (χ0) is 11.1. The Hall–Kier alpha value is -1.85. The summed E-state index contributed by atoms with van der Waals surface area (Å²) in [6.07, 6.45) is -3.90. The van der Waals surface area contributed by atoms with Crippen LogP contribution in [0.2, 0.25) is 0 Å². The molecule has 0 radical (unpaired) electrons. The first-order valence-electron chi connectivity index (χ1n) is 4.03. The normalized spacial score (nSPS) is 11.9. The van der Waals surface area contributed by atoms with Crippen LogP contribution >= 0.6 is 0 Å². The van der Waals surface area contributed by atoms with Gasteiger partial charge in [0.15, 0.2) is 6.29 Å². The minimum Gasteiger partial charge on any atom is -0.296 e. The highest BCUT2D eigenvalue weighted by Gasteiger charge is 2.30. The van der Waals surface area contributed by atoms with Crippen molar-refractivity contribution in [1.29, 1.82) is 0 Å². The van der Waals surface area contributed by atoms with Gasteiger partial charge in [-0.3, -0.25) is 9.89 Å². The Morgan fingerprint density at radius 2 is 2.07 bits per heavy atom. The molecule has 6 heteroatoms. The van der Waals surface area contributed by atoms with Crippen LogP contribution < -0.4 is 0 Å². The van der Waals surface area contributed by atoms with E-state index in [2.05, 4.69) is 10.2 Å². The van der Waals surface area contributed by atoms with Gasteiger partial charge < -0.3 is 0 Å². The number of rotatable bonds is 1. The highest BCUT2D eigenvalue weighted by atomic mass is 19.4. The summed E-state index contributed by atoms with van der Waals surface area (Å²) in [6, 6.07) is 3.07. The van der Waals surface area contributed by atoms with Crippen molar-refractivity contribution in [2.24, 2.45) is 0 Å². The summed E-state index contributed by atoms with van der Waals surface area (Å²) in [7, 11) is 0. The molecule has 2 aromatic rings. The second-order valence-electron chi connectivity index (χ2n) is 2.98. The summed E-state index contributed by atoms with van der Waals surface area (Å²) < 4.78 is 36.9. The lowest BCUT2D eigenvalue weighted by Crippen LogP contribution is -2.04.